The number of aryl methyl sites for hydroxylation is 1. The minimum absolute atomic E-state index is 0.0350. The number of carbonyl (C=O) groups is 2. The highest BCUT2D eigenvalue weighted by Crippen LogP contribution is 2.38. The average Bonchev–Trinajstić information content (AvgIpc) is 3.18. The van der Waals surface area contributed by atoms with Gasteiger partial charge in [-0.05, 0) is 41.8 Å². The molecule has 1 unspecified atom stereocenters. The van der Waals surface area contributed by atoms with E-state index in [1.807, 2.05) is 24.3 Å². The van der Waals surface area contributed by atoms with Crippen molar-refractivity contribution in [3.63, 3.8) is 0 Å². The number of amides is 2. The smallest absolute Gasteiger partial charge is 0.227 e. The van der Waals surface area contributed by atoms with E-state index in [0.717, 1.165) is 17.7 Å². The van der Waals surface area contributed by atoms with Gasteiger partial charge in [-0.3, -0.25) is 9.59 Å². The third-order valence-electron chi connectivity index (χ3n) is 5.34. The Bertz CT molecular complexity index is 885. The van der Waals surface area contributed by atoms with Gasteiger partial charge < -0.3 is 24.4 Å². The van der Waals surface area contributed by atoms with Gasteiger partial charge in [0.15, 0.2) is 11.5 Å². The molecule has 0 bridgehead atoms. The van der Waals surface area contributed by atoms with Crippen LogP contribution in [0.2, 0.25) is 0 Å². The number of anilines is 1. The summed E-state index contributed by atoms with van der Waals surface area (Å²) in [6.07, 6.45) is 1.15. The van der Waals surface area contributed by atoms with Crippen molar-refractivity contribution >= 4 is 17.5 Å². The van der Waals surface area contributed by atoms with Crippen molar-refractivity contribution in [3.8, 4) is 17.2 Å². The lowest BCUT2D eigenvalue weighted by Gasteiger charge is -2.17. The molecule has 1 heterocycles. The molecule has 1 aliphatic rings. The topological polar surface area (TPSA) is 77.1 Å². The molecule has 0 radical (unpaired) electrons. The number of nitrogens with zero attached hydrogens (tertiary/aromatic N) is 1. The van der Waals surface area contributed by atoms with Gasteiger partial charge in [0, 0.05) is 25.2 Å². The van der Waals surface area contributed by atoms with Gasteiger partial charge in [-0.15, -0.1) is 0 Å². The Labute approximate surface area is 176 Å². The van der Waals surface area contributed by atoms with Crippen LogP contribution in [0.4, 0.5) is 5.69 Å². The minimum Gasteiger partial charge on any atom is -0.493 e. The fourth-order valence-corrected chi connectivity index (χ4v) is 3.62. The van der Waals surface area contributed by atoms with Gasteiger partial charge in [0.05, 0.1) is 27.2 Å². The summed E-state index contributed by atoms with van der Waals surface area (Å²) >= 11 is 0. The highest BCUT2D eigenvalue weighted by molar-refractivity contribution is 6.00. The van der Waals surface area contributed by atoms with Crippen LogP contribution in [0.5, 0.6) is 17.2 Å². The molecule has 2 amide bonds. The predicted molar refractivity (Wildman–Crippen MR) is 114 cm³/mol. The van der Waals surface area contributed by atoms with Crippen LogP contribution in [0.15, 0.2) is 36.4 Å². The number of ether oxygens (including phenoxy) is 3. The van der Waals surface area contributed by atoms with Crippen LogP contribution >= 0.6 is 0 Å². The maximum atomic E-state index is 12.7. The van der Waals surface area contributed by atoms with Crippen LogP contribution in [0, 0.1) is 5.92 Å². The first-order valence-corrected chi connectivity index (χ1v) is 9.96. The summed E-state index contributed by atoms with van der Waals surface area (Å²) in [6.45, 7) is 2.77. The van der Waals surface area contributed by atoms with E-state index in [0.29, 0.717) is 30.3 Å². The first-order chi connectivity index (χ1) is 14.5. The largest absolute Gasteiger partial charge is 0.493 e. The van der Waals surface area contributed by atoms with E-state index < -0.39 is 0 Å². The first kappa shape index (κ1) is 21.5. The maximum absolute atomic E-state index is 12.7. The molecule has 2 aromatic carbocycles. The quantitative estimate of drug-likeness (QED) is 0.721. The van der Waals surface area contributed by atoms with E-state index in [2.05, 4.69) is 12.2 Å². The van der Waals surface area contributed by atoms with Crippen molar-refractivity contribution in [1.29, 1.82) is 0 Å². The summed E-state index contributed by atoms with van der Waals surface area (Å²) in [6, 6.07) is 11.5. The van der Waals surface area contributed by atoms with Crippen molar-refractivity contribution in [2.24, 2.45) is 5.92 Å². The number of methoxy groups -OCH3 is 3. The molecule has 1 saturated heterocycles. The van der Waals surface area contributed by atoms with Crippen molar-refractivity contribution in [3.05, 3.63) is 47.5 Å². The summed E-state index contributed by atoms with van der Waals surface area (Å²) in [7, 11) is 4.64. The Morgan fingerprint density at radius 3 is 2.20 bits per heavy atom. The number of hydrogen-bond acceptors (Lipinski definition) is 5. The Hall–Kier alpha value is -3.22. The second-order valence-electron chi connectivity index (χ2n) is 7.18. The Morgan fingerprint density at radius 2 is 1.67 bits per heavy atom. The third kappa shape index (κ3) is 4.50. The van der Waals surface area contributed by atoms with Gasteiger partial charge in [0.1, 0.15) is 0 Å². The normalized spacial score (nSPS) is 15.8. The molecule has 160 valence electrons. The Balaban J connectivity index is 1.65. The summed E-state index contributed by atoms with van der Waals surface area (Å²) < 4.78 is 16.0. The molecule has 30 heavy (non-hydrogen) atoms. The molecular formula is C23H28N2O5. The minimum atomic E-state index is -0.384. The van der Waals surface area contributed by atoms with Crippen molar-refractivity contribution < 1.29 is 23.8 Å². The number of carbonyl (C=O) groups excluding carboxylic acids is 2. The lowest BCUT2D eigenvalue weighted by molar-refractivity contribution is -0.126. The first-order valence-electron chi connectivity index (χ1n) is 9.96. The van der Waals surface area contributed by atoms with E-state index in [9.17, 15) is 9.59 Å². The standard InChI is InChI=1S/C23H28N2O5/c1-5-15-6-8-18(9-7-15)25-14-17(12-21(25)26)23(27)24-13-16-10-19(28-2)22(30-4)20(11-16)29-3/h6-11,17H,5,12-14H2,1-4H3,(H,24,27). The van der Waals surface area contributed by atoms with Crippen molar-refractivity contribution in [2.45, 2.75) is 26.3 Å². The fourth-order valence-electron chi connectivity index (χ4n) is 3.62. The summed E-state index contributed by atoms with van der Waals surface area (Å²) in [5.74, 6) is 0.987. The van der Waals surface area contributed by atoms with E-state index in [-0.39, 0.29) is 24.2 Å². The molecule has 0 aromatic heterocycles. The zero-order chi connectivity index (χ0) is 21.7. The second-order valence-corrected chi connectivity index (χ2v) is 7.18. The van der Waals surface area contributed by atoms with Crippen molar-refractivity contribution in [1.82, 2.24) is 5.32 Å². The molecule has 0 aliphatic carbocycles. The van der Waals surface area contributed by atoms with Crippen LogP contribution < -0.4 is 24.4 Å². The van der Waals surface area contributed by atoms with Crippen molar-refractivity contribution in [2.75, 3.05) is 32.8 Å². The second kappa shape index (κ2) is 9.52. The Morgan fingerprint density at radius 1 is 1.03 bits per heavy atom. The van der Waals surface area contributed by atoms with Crippen LogP contribution in [0.3, 0.4) is 0 Å². The number of nitrogens with one attached hydrogen (secondary N) is 1. The molecule has 3 rings (SSSR count). The monoisotopic (exact) mass is 412 g/mol. The van der Waals surface area contributed by atoms with Gasteiger partial charge in [-0.25, -0.2) is 0 Å². The zero-order valence-corrected chi connectivity index (χ0v) is 17.9. The van der Waals surface area contributed by atoms with Crippen LogP contribution in [-0.4, -0.2) is 39.7 Å². The number of benzene rings is 2. The highest BCUT2D eigenvalue weighted by atomic mass is 16.5. The summed E-state index contributed by atoms with van der Waals surface area (Å²) in [5, 5.41) is 2.92. The van der Waals surface area contributed by atoms with Gasteiger partial charge in [-0.1, -0.05) is 19.1 Å². The average molecular weight is 412 g/mol. The fraction of sp³-hybridized carbons (Fsp3) is 0.391. The SMILES string of the molecule is CCc1ccc(N2CC(C(=O)NCc3cc(OC)c(OC)c(OC)c3)CC2=O)cc1. The predicted octanol–water partition coefficient (Wildman–Crippen LogP) is 2.94. The summed E-state index contributed by atoms with van der Waals surface area (Å²) in [4.78, 5) is 26.8. The van der Waals surface area contributed by atoms with Gasteiger partial charge in [-0.2, -0.15) is 0 Å². The summed E-state index contributed by atoms with van der Waals surface area (Å²) in [5.41, 5.74) is 2.86. The lowest BCUT2D eigenvalue weighted by atomic mass is 10.1. The molecule has 1 aliphatic heterocycles. The van der Waals surface area contributed by atoms with Gasteiger partial charge >= 0.3 is 0 Å². The van der Waals surface area contributed by atoms with Crippen LogP contribution in [-0.2, 0) is 22.6 Å². The molecule has 1 fully saturated rings. The lowest BCUT2D eigenvalue weighted by Crippen LogP contribution is -2.32. The van der Waals surface area contributed by atoms with E-state index in [1.54, 1.807) is 38.4 Å². The zero-order valence-electron chi connectivity index (χ0n) is 17.9. The van der Waals surface area contributed by atoms with Crippen LogP contribution in [0.1, 0.15) is 24.5 Å². The van der Waals surface area contributed by atoms with Gasteiger partial charge in [0.25, 0.3) is 0 Å². The van der Waals surface area contributed by atoms with E-state index >= 15 is 0 Å². The Kier molecular flexibility index (Phi) is 6.82. The molecule has 2 aromatic rings. The van der Waals surface area contributed by atoms with Crippen LogP contribution in [0.25, 0.3) is 0 Å². The van der Waals surface area contributed by atoms with E-state index in [4.69, 9.17) is 14.2 Å². The molecule has 7 nitrogen and oxygen atoms in total. The molecule has 1 atom stereocenters. The third-order valence-corrected chi connectivity index (χ3v) is 5.34. The highest BCUT2D eigenvalue weighted by Gasteiger charge is 2.35. The maximum Gasteiger partial charge on any atom is 0.227 e. The molecular weight excluding hydrogens is 384 g/mol. The molecule has 7 heteroatoms. The molecule has 1 N–H and O–H groups in total. The number of rotatable bonds is 8. The van der Waals surface area contributed by atoms with Gasteiger partial charge in [0.2, 0.25) is 17.6 Å². The molecule has 0 spiro atoms. The van der Waals surface area contributed by atoms with E-state index in [1.165, 1.54) is 5.56 Å². The number of hydrogen-bond donors (Lipinski definition) is 1. The molecule has 0 saturated carbocycles.